The average molecular weight is 642 g/mol. The van der Waals surface area contributed by atoms with Crippen LogP contribution in [0.25, 0.3) is 4.83 Å². The van der Waals surface area contributed by atoms with Crippen LogP contribution in [-0.2, 0) is 30.6 Å². The van der Waals surface area contributed by atoms with Gasteiger partial charge in [0.2, 0.25) is 11.4 Å². The molecule has 3 aromatic heterocycles. The maximum atomic E-state index is 13.2. The van der Waals surface area contributed by atoms with E-state index in [1.165, 1.54) is 23.1 Å². The van der Waals surface area contributed by atoms with Crippen LogP contribution in [0.15, 0.2) is 34.2 Å². The van der Waals surface area contributed by atoms with Crippen molar-refractivity contribution in [2.75, 3.05) is 18.1 Å². The second kappa shape index (κ2) is 11.3. The van der Waals surface area contributed by atoms with Crippen LogP contribution in [0, 0.1) is 0 Å². The molecule has 0 radical (unpaired) electrons. The fraction of sp³-hybridized carbons (Fsp3) is 0.318. The van der Waals surface area contributed by atoms with Crippen molar-refractivity contribution in [1.29, 1.82) is 0 Å². The first-order chi connectivity index (χ1) is 19.5. The van der Waals surface area contributed by atoms with Crippen LogP contribution >= 0.6 is 46.0 Å². The zero-order valence-corrected chi connectivity index (χ0v) is 24.2. The van der Waals surface area contributed by atoms with Gasteiger partial charge in [-0.1, -0.05) is 39.4 Å². The third-order valence-electron chi connectivity index (χ3n) is 6.13. The van der Waals surface area contributed by atoms with Gasteiger partial charge >= 0.3 is 11.9 Å². The van der Waals surface area contributed by atoms with Crippen LogP contribution < -0.4 is 21.4 Å². The lowest BCUT2D eigenvalue weighted by Gasteiger charge is -2.49. The van der Waals surface area contributed by atoms with Crippen molar-refractivity contribution in [3.05, 3.63) is 44.9 Å². The smallest absolute Gasteiger partial charge is 0.352 e. The van der Waals surface area contributed by atoms with E-state index < -0.39 is 47.5 Å². The summed E-state index contributed by atoms with van der Waals surface area (Å²) in [4.78, 5) is 60.3. The minimum Gasteiger partial charge on any atom is -0.479 e. The number of imidazole rings is 1. The molecule has 0 bridgehead atoms. The number of carbonyl (C=O) groups is 4. The number of amides is 2. The molecule has 5 heterocycles. The number of thioether (sulfide) groups is 1. The lowest BCUT2D eigenvalue weighted by Crippen LogP contribution is -2.71. The number of nitrogens with two attached hydrogens (primary N) is 2. The molecule has 15 nitrogen and oxygen atoms in total. The summed E-state index contributed by atoms with van der Waals surface area (Å²) < 4.78 is 3.82. The van der Waals surface area contributed by atoms with Gasteiger partial charge in [0.25, 0.3) is 17.6 Å². The Labute approximate surface area is 248 Å². The number of hydrogen-bond acceptors (Lipinski definition) is 12. The van der Waals surface area contributed by atoms with Crippen LogP contribution in [0.2, 0.25) is 4.34 Å². The number of fused-ring (bicyclic) bond motifs is 2. The minimum absolute atomic E-state index is 0.00104. The summed E-state index contributed by atoms with van der Waals surface area (Å²) in [6.07, 6.45) is 3.77. The number of carboxylic acids is 2. The quantitative estimate of drug-likeness (QED) is 0.0874. The number of halogens is 1. The van der Waals surface area contributed by atoms with Crippen molar-refractivity contribution < 1.29 is 38.8 Å². The van der Waals surface area contributed by atoms with Crippen molar-refractivity contribution in [3.63, 3.8) is 0 Å². The van der Waals surface area contributed by atoms with Crippen LogP contribution in [0.5, 0.6) is 0 Å². The summed E-state index contributed by atoms with van der Waals surface area (Å²) in [7, 11) is 0. The summed E-state index contributed by atoms with van der Waals surface area (Å²) in [6, 6.07) is -1.44. The number of oxime groups is 1. The van der Waals surface area contributed by atoms with Gasteiger partial charge in [-0.15, -0.1) is 11.8 Å². The number of nitrogens with zero attached hydrogens (tertiary/aromatic N) is 5. The Kier molecular flexibility index (Phi) is 7.93. The first-order valence-electron chi connectivity index (χ1n) is 11.8. The summed E-state index contributed by atoms with van der Waals surface area (Å²) in [6.45, 7) is 1.19. The molecule has 0 unspecified atom stereocenters. The Balaban J connectivity index is 1.39. The fourth-order valence-electron chi connectivity index (χ4n) is 4.55. The highest BCUT2D eigenvalue weighted by Gasteiger charge is 2.54. The van der Waals surface area contributed by atoms with E-state index >= 15 is 0 Å². The Morgan fingerprint density at radius 1 is 1.39 bits per heavy atom. The Hall–Kier alpha value is -3.71. The van der Waals surface area contributed by atoms with Gasteiger partial charge in [-0.05, 0) is 6.92 Å². The minimum atomic E-state index is -1.34. The number of β-lactam (4-membered cyclic amide) rings is 1. The molecule has 3 aromatic rings. The maximum absolute atomic E-state index is 13.2. The predicted molar refractivity (Wildman–Crippen MR) is 149 cm³/mol. The highest BCUT2D eigenvalue weighted by molar-refractivity contribution is 8.00. The molecule has 19 heteroatoms. The molecular weight excluding hydrogens is 620 g/mol. The second-order valence-electron chi connectivity index (χ2n) is 8.91. The SMILES string of the molecule is C[C@@H](N)c1n2ccsc2c[n+]1CC1=C(C(=O)O)N2C(=O)[C@@H](NC(=O)C(=NOCC(=O)O)c3nc(N)sc3Cl)[C@H]2SC1. The van der Waals surface area contributed by atoms with Crippen molar-refractivity contribution in [3.8, 4) is 0 Å². The number of aliphatic carboxylic acids is 2. The molecule has 2 aliphatic rings. The monoisotopic (exact) mass is 641 g/mol. The molecule has 2 aliphatic heterocycles. The molecule has 0 aliphatic carbocycles. The number of aromatic nitrogens is 3. The topological polar surface area (TPSA) is 219 Å². The molecule has 7 N–H and O–H groups in total. The Morgan fingerprint density at radius 2 is 2.15 bits per heavy atom. The zero-order valence-electron chi connectivity index (χ0n) is 21.0. The Bertz CT molecular complexity index is 1640. The molecule has 5 rings (SSSR count). The number of rotatable bonds is 10. The van der Waals surface area contributed by atoms with Gasteiger partial charge in [-0.2, -0.15) is 4.40 Å². The van der Waals surface area contributed by atoms with Crippen LogP contribution in [0.4, 0.5) is 5.13 Å². The van der Waals surface area contributed by atoms with E-state index in [9.17, 15) is 24.3 Å². The van der Waals surface area contributed by atoms with Gasteiger partial charge in [0.1, 0.15) is 52.1 Å². The summed E-state index contributed by atoms with van der Waals surface area (Å²) in [5.74, 6) is -3.13. The van der Waals surface area contributed by atoms with Crippen molar-refractivity contribution in [2.24, 2.45) is 10.9 Å². The Morgan fingerprint density at radius 3 is 2.78 bits per heavy atom. The van der Waals surface area contributed by atoms with E-state index in [0.717, 1.165) is 26.9 Å². The summed E-state index contributed by atoms with van der Waals surface area (Å²) in [5, 5.41) is 26.2. The van der Waals surface area contributed by atoms with E-state index in [0.29, 0.717) is 5.57 Å². The molecule has 216 valence electrons. The van der Waals surface area contributed by atoms with Gasteiger partial charge in [0.05, 0.1) is 0 Å². The van der Waals surface area contributed by atoms with Gasteiger partial charge in [0, 0.05) is 16.7 Å². The molecule has 2 amide bonds. The second-order valence-corrected chi connectivity index (χ2v) is 12.6. The number of nitrogen functional groups attached to an aromatic ring is 1. The van der Waals surface area contributed by atoms with Crippen molar-refractivity contribution in [1.82, 2.24) is 19.6 Å². The number of nitrogens with one attached hydrogen (secondary N) is 1. The normalized spacial score (nSPS) is 19.6. The lowest BCUT2D eigenvalue weighted by atomic mass is 10.0. The van der Waals surface area contributed by atoms with Crippen molar-refractivity contribution >= 4 is 85.5 Å². The number of thiazole rings is 2. The van der Waals surface area contributed by atoms with Crippen LogP contribution in [-0.4, -0.2) is 77.7 Å². The largest absolute Gasteiger partial charge is 0.479 e. The third kappa shape index (κ3) is 5.35. The van der Waals surface area contributed by atoms with Gasteiger partial charge in [-0.25, -0.2) is 19.1 Å². The molecule has 0 aromatic carbocycles. The number of hydrogen-bond donors (Lipinski definition) is 5. The van der Waals surface area contributed by atoms with E-state index in [4.69, 9.17) is 33.0 Å². The zero-order chi connectivity index (χ0) is 29.6. The average Bonchev–Trinajstić information content (AvgIpc) is 3.58. The van der Waals surface area contributed by atoms with Gasteiger partial charge in [-0.3, -0.25) is 14.5 Å². The molecule has 3 atom stereocenters. The lowest BCUT2D eigenvalue weighted by molar-refractivity contribution is -0.696. The highest BCUT2D eigenvalue weighted by atomic mass is 35.5. The molecule has 0 spiro atoms. The highest BCUT2D eigenvalue weighted by Crippen LogP contribution is 2.40. The number of carbonyl (C=O) groups excluding carboxylic acids is 2. The molecule has 0 saturated carbocycles. The van der Waals surface area contributed by atoms with Crippen LogP contribution in [0.1, 0.15) is 24.5 Å². The summed E-state index contributed by atoms with van der Waals surface area (Å²) >= 11 is 9.78. The molecule has 1 fully saturated rings. The third-order valence-corrected chi connectivity index (χ3v) is 9.36. The molecular formula is C22H22ClN8O7S3+. The first-order valence-corrected chi connectivity index (χ1v) is 14.9. The van der Waals surface area contributed by atoms with E-state index in [1.807, 2.05) is 33.7 Å². The maximum Gasteiger partial charge on any atom is 0.352 e. The predicted octanol–water partition coefficient (Wildman–Crippen LogP) is 0.244. The summed E-state index contributed by atoms with van der Waals surface area (Å²) in [5.41, 5.74) is 11.6. The number of carboxylic acid groups (broad SMARTS) is 2. The van der Waals surface area contributed by atoms with E-state index in [-0.39, 0.29) is 39.2 Å². The van der Waals surface area contributed by atoms with E-state index in [1.54, 1.807) is 0 Å². The van der Waals surface area contributed by atoms with Gasteiger partial charge < -0.3 is 31.8 Å². The fourth-order valence-corrected chi connectivity index (χ4v) is 7.59. The van der Waals surface area contributed by atoms with Crippen LogP contribution in [0.3, 0.4) is 0 Å². The number of anilines is 1. The standard InChI is InChI=1S/C22H21ClN8O7S3/c1-8(24)18-29(5-10-30(18)2-3-39-10)4-9-7-40-20-14(19(35)31(20)15(9)21(36)37)26-17(34)13(28-38-6-11(32)33)12-16(23)41-22(25)27-12/h2-3,5,8,14,20H,4,6-7,24H2,1H3,(H4-,25,26,27,32,33,34,36,37)/p+1/t8-,14-,20-/m1/s1. The van der Waals surface area contributed by atoms with E-state index in [2.05, 4.69) is 15.5 Å². The molecule has 1 saturated heterocycles. The van der Waals surface area contributed by atoms with Crippen molar-refractivity contribution in [2.45, 2.75) is 30.9 Å². The molecule has 41 heavy (non-hydrogen) atoms. The first kappa shape index (κ1) is 28.8. The van der Waals surface area contributed by atoms with Gasteiger partial charge in [0.15, 0.2) is 10.8 Å².